The van der Waals surface area contributed by atoms with Crippen LogP contribution in [0.4, 0.5) is 0 Å². The number of esters is 1. The van der Waals surface area contributed by atoms with E-state index in [1.807, 2.05) is 0 Å². The van der Waals surface area contributed by atoms with Crippen LogP contribution < -0.4 is 4.72 Å². The van der Waals surface area contributed by atoms with Crippen LogP contribution in [0.25, 0.3) is 0 Å². The van der Waals surface area contributed by atoms with Crippen LogP contribution in [-0.2, 0) is 26.0 Å². The molecule has 1 aromatic rings. The average Bonchev–Trinajstić information content (AvgIpc) is 2.81. The highest BCUT2D eigenvalue weighted by Crippen LogP contribution is 1.97. The van der Waals surface area contributed by atoms with Crippen molar-refractivity contribution in [3.63, 3.8) is 0 Å². The minimum Gasteiger partial charge on any atom is -0.469 e. The van der Waals surface area contributed by atoms with Crippen LogP contribution in [0.1, 0.15) is 18.7 Å². The lowest BCUT2D eigenvalue weighted by Gasteiger charge is -2.04. The normalized spacial score (nSPS) is 11.4. The van der Waals surface area contributed by atoms with Gasteiger partial charge in [-0.05, 0) is 6.42 Å². The molecule has 0 unspecified atom stereocenters. The van der Waals surface area contributed by atoms with Crippen molar-refractivity contribution in [2.45, 2.75) is 19.3 Å². The third kappa shape index (κ3) is 5.73. The molecule has 0 aliphatic carbocycles. The first kappa shape index (κ1) is 14.6. The van der Waals surface area contributed by atoms with Gasteiger partial charge in [0, 0.05) is 19.4 Å². The van der Waals surface area contributed by atoms with Gasteiger partial charge in [0.25, 0.3) is 0 Å². The first-order valence-electron chi connectivity index (χ1n) is 5.33. The van der Waals surface area contributed by atoms with Crippen molar-refractivity contribution in [3.8, 4) is 0 Å². The van der Waals surface area contributed by atoms with Crippen molar-refractivity contribution in [2.24, 2.45) is 0 Å². The predicted molar refractivity (Wildman–Crippen MR) is 61.0 cm³/mol. The zero-order valence-electron chi connectivity index (χ0n) is 9.96. The number of hydrogen-bond donors (Lipinski definition) is 1. The molecule has 0 bridgehead atoms. The van der Waals surface area contributed by atoms with Crippen molar-refractivity contribution in [2.75, 3.05) is 19.4 Å². The third-order valence-corrected chi connectivity index (χ3v) is 3.57. The second-order valence-corrected chi connectivity index (χ2v) is 5.42. The van der Waals surface area contributed by atoms with E-state index in [2.05, 4.69) is 24.1 Å². The van der Waals surface area contributed by atoms with E-state index in [1.165, 1.54) is 13.5 Å². The lowest BCUT2D eigenvalue weighted by Crippen LogP contribution is -2.28. The van der Waals surface area contributed by atoms with Crippen LogP contribution in [0.2, 0.25) is 0 Å². The average molecular weight is 277 g/mol. The molecule has 0 radical (unpaired) electrons. The molecule has 0 saturated heterocycles. The van der Waals surface area contributed by atoms with Gasteiger partial charge in [-0.3, -0.25) is 4.79 Å². The molecular weight excluding hydrogens is 262 g/mol. The van der Waals surface area contributed by atoms with Gasteiger partial charge < -0.3 is 9.26 Å². The molecule has 1 N–H and O–H groups in total. The van der Waals surface area contributed by atoms with Crippen molar-refractivity contribution < 1.29 is 22.5 Å². The summed E-state index contributed by atoms with van der Waals surface area (Å²) in [6, 6.07) is 0. The summed E-state index contributed by atoms with van der Waals surface area (Å²) < 4.78 is 34.3. The van der Waals surface area contributed by atoms with E-state index in [9.17, 15) is 13.2 Å². The molecule has 0 amide bonds. The van der Waals surface area contributed by atoms with Gasteiger partial charge in [-0.1, -0.05) is 5.16 Å². The molecule has 9 heteroatoms. The molecule has 0 aliphatic rings. The number of ether oxygens (including phenoxy) is 1. The van der Waals surface area contributed by atoms with E-state index in [0.29, 0.717) is 12.2 Å². The van der Waals surface area contributed by atoms with Gasteiger partial charge in [0.1, 0.15) is 0 Å². The minimum absolute atomic E-state index is 0.0856. The number of aromatic nitrogens is 2. The summed E-state index contributed by atoms with van der Waals surface area (Å²) in [4.78, 5) is 14.6. The van der Waals surface area contributed by atoms with Crippen molar-refractivity contribution in [3.05, 3.63) is 12.2 Å². The Balaban J connectivity index is 2.21. The van der Waals surface area contributed by atoms with E-state index in [1.54, 1.807) is 0 Å². The van der Waals surface area contributed by atoms with Gasteiger partial charge in [0.15, 0.2) is 5.82 Å². The molecule has 0 atom stereocenters. The summed E-state index contributed by atoms with van der Waals surface area (Å²) >= 11 is 0. The van der Waals surface area contributed by atoms with E-state index >= 15 is 0 Å². The lowest BCUT2D eigenvalue weighted by atomic mass is 10.3. The minimum atomic E-state index is -3.38. The lowest BCUT2D eigenvalue weighted by molar-refractivity contribution is -0.140. The molecule has 0 aliphatic heterocycles. The zero-order valence-corrected chi connectivity index (χ0v) is 10.8. The van der Waals surface area contributed by atoms with Gasteiger partial charge in [0.05, 0.1) is 12.9 Å². The summed E-state index contributed by atoms with van der Waals surface area (Å²) in [7, 11) is -2.12. The number of methoxy groups -OCH3 is 1. The first-order valence-corrected chi connectivity index (χ1v) is 6.98. The Morgan fingerprint density at radius 3 is 2.94 bits per heavy atom. The standard InChI is InChI=1S/C9H15N3O5S/c1-16-9(13)3-2-6-18(14,15)11-5-4-8-10-7-17-12-8/h7,11H,2-6H2,1H3. The molecule has 0 aromatic carbocycles. The molecule has 102 valence electrons. The number of nitrogens with zero attached hydrogens (tertiary/aromatic N) is 2. The van der Waals surface area contributed by atoms with Crippen molar-refractivity contribution >= 4 is 16.0 Å². The monoisotopic (exact) mass is 277 g/mol. The maximum Gasteiger partial charge on any atom is 0.305 e. The number of nitrogens with one attached hydrogen (secondary N) is 1. The summed E-state index contributed by atoms with van der Waals surface area (Å²) in [6.07, 6.45) is 1.85. The second kappa shape index (κ2) is 7.07. The number of rotatable bonds is 8. The Morgan fingerprint density at radius 1 is 1.56 bits per heavy atom. The summed E-state index contributed by atoms with van der Waals surface area (Å²) in [5.74, 6) is -0.0989. The SMILES string of the molecule is COC(=O)CCCS(=O)(=O)NCCc1ncon1. The quantitative estimate of drug-likeness (QED) is 0.636. The molecular formula is C9H15N3O5S. The number of sulfonamides is 1. The maximum atomic E-state index is 11.5. The molecule has 0 fully saturated rings. The van der Waals surface area contributed by atoms with Crippen molar-refractivity contribution in [1.29, 1.82) is 0 Å². The fourth-order valence-electron chi connectivity index (χ4n) is 1.20. The Morgan fingerprint density at radius 2 is 2.33 bits per heavy atom. The molecule has 0 spiro atoms. The Bertz CT molecular complexity index is 457. The zero-order chi connectivity index (χ0) is 13.4. The van der Waals surface area contributed by atoms with Crippen LogP contribution in [0.5, 0.6) is 0 Å². The number of carbonyl (C=O) groups is 1. The van der Waals surface area contributed by atoms with Crippen LogP contribution in [-0.4, -0.2) is 43.9 Å². The van der Waals surface area contributed by atoms with Gasteiger partial charge in [-0.15, -0.1) is 0 Å². The van der Waals surface area contributed by atoms with Crippen LogP contribution in [0, 0.1) is 0 Å². The highest BCUT2D eigenvalue weighted by atomic mass is 32.2. The largest absolute Gasteiger partial charge is 0.469 e. The fourth-order valence-corrected chi connectivity index (χ4v) is 2.28. The Kier molecular flexibility index (Phi) is 5.72. The van der Waals surface area contributed by atoms with Gasteiger partial charge >= 0.3 is 5.97 Å². The summed E-state index contributed by atoms with van der Waals surface area (Å²) in [6.45, 7) is 0.195. The molecule has 1 rings (SSSR count). The smallest absolute Gasteiger partial charge is 0.305 e. The molecule has 1 heterocycles. The topological polar surface area (TPSA) is 111 Å². The first-order chi connectivity index (χ1) is 8.53. The maximum absolute atomic E-state index is 11.5. The van der Waals surface area contributed by atoms with E-state index in [-0.39, 0.29) is 25.1 Å². The predicted octanol–water partition coefficient (Wildman–Crippen LogP) is -0.515. The molecule has 8 nitrogen and oxygen atoms in total. The highest BCUT2D eigenvalue weighted by molar-refractivity contribution is 7.89. The Hall–Kier alpha value is -1.48. The van der Waals surface area contributed by atoms with E-state index in [0.717, 1.165) is 0 Å². The Labute approximate surface area is 105 Å². The van der Waals surface area contributed by atoms with Crippen molar-refractivity contribution in [1.82, 2.24) is 14.9 Å². The van der Waals surface area contributed by atoms with Crippen LogP contribution >= 0.6 is 0 Å². The van der Waals surface area contributed by atoms with Gasteiger partial charge in [-0.2, -0.15) is 4.98 Å². The summed E-state index contributed by atoms with van der Waals surface area (Å²) in [5.41, 5.74) is 0. The van der Waals surface area contributed by atoms with Gasteiger partial charge in [0.2, 0.25) is 16.4 Å². The number of hydrogen-bond acceptors (Lipinski definition) is 7. The third-order valence-electron chi connectivity index (χ3n) is 2.10. The summed E-state index contributed by atoms with van der Waals surface area (Å²) in [5, 5.41) is 3.55. The van der Waals surface area contributed by atoms with Gasteiger partial charge in [-0.25, -0.2) is 13.1 Å². The van der Waals surface area contributed by atoms with Crippen LogP contribution in [0.15, 0.2) is 10.9 Å². The van der Waals surface area contributed by atoms with Crippen LogP contribution in [0.3, 0.4) is 0 Å². The molecule has 18 heavy (non-hydrogen) atoms. The highest BCUT2D eigenvalue weighted by Gasteiger charge is 2.11. The second-order valence-electron chi connectivity index (χ2n) is 3.49. The van der Waals surface area contributed by atoms with E-state index in [4.69, 9.17) is 0 Å². The number of carbonyl (C=O) groups excluding carboxylic acids is 1. The molecule has 0 saturated carbocycles. The van der Waals surface area contributed by atoms with E-state index < -0.39 is 16.0 Å². The fraction of sp³-hybridized carbons (Fsp3) is 0.667. The molecule has 1 aromatic heterocycles.